The Labute approximate surface area is 667 Å². The van der Waals surface area contributed by atoms with E-state index in [2.05, 4.69) is 208 Å². The van der Waals surface area contributed by atoms with E-state index in [9.17, 15) is 0 Å². The van der Waals surface area contributed by atoms with Crippen molar-refractivity contribution < 1.29 is 74.5 Å². The summed E-state index contributed by atoms with van der Waals surface area (Å²) in [6.07, 6.45) is 0. The molecule has 0 N–H and O–H groups in total. The Balaban J connectivity index is 0.000000131. The predicted molar refractivity (Wildman–Crippen MR) is 446 cm³/mol. The van der Waals surface area contributed by atoms with E-state index in [1.807, 2.05) is 96.9 Å². The third-order valence-electron chi connectivity index (χ3n) is 30.8. The van der Waals surface area contributed by atoms with Crippen LogP contribution in [-0.2, 0) is 48.7 Å². The Morgan fingerprint density at radius 3 is 0.821 bits per heavy atom. The summed E-state index contributed by atoms with van der Waals surface area (Å²) < 4.78 is 104. The maximum absolute atomic E-state index is 6.80. The molecule has 8 aliphatic heterocycles. The number of benzene rings is 4. The van der Waals surface area contributed by atoms with Gasteiger partial charge >= 0.3 is 23.9 Å². The van der Waals surface area contributed by atoms with Gasteiger partial charge < -0.3 is 74.5 Å². The van der Waals surface area contributed by atoms with Crippen LogP contribution in [0.2, 0.25) is 0 Å². The number of allylic oxidation sites excluding steroid dienone is 2. The van der Waals surface area contributed by atoms with E-state index < -0.39 is 79.5 Å². The maximum atomic E-state index is 6.80. The van der Waals surface area contributed by atoms with Crippen LogP contribution in [0.25, 0.3) is 55.0 Å². The Kier molecular flexibility index (Phi) is 18.2. The molecule has 112 heavy (non-hydrogen) atoms. The van der Waals surface area contributed by atoms with E-state index in [-0.39, 0.29) is 10.8 Å². The molecule has 16 nitrogen and oxygen atoms in total. The predicted octanol–water partition coefficient (Wildman–Crippen LogP) is 25.5. The third-order valence-corrected chi connectivity index (χ3v) is 30.8. The van der Waals surface area contributed by atoms with E-state index in [0.29, 0.717) is 0 Å². The molecule has 0 aliphatic carbocycles. The van der Waals surface area contributed by atoms with Gasteiger partial charge in [0.15, 0.2) is 11.3 Å². The van der Waals surface area contributed by atoms with Gasteiger partial charge in [-0.15, -0.1) is 0 Å². The lowest BCUT2D eigenvalue weighted by Gasteiger charge is -2.55. The zero-order chi connectivity index (χ0) is 84.1. The van der Waals surface area contributed by atoms with Gasteiger partial charge in [0.1, 0.15) is 57.0 Å². The van der Waals surface area contributed by atoms with Crippen molar-refractivity contribution in [3.05, 3.63) is 123 Å². The quantitative estimate of drug-likeness (QED) is 0.141. The fraction of sp³-hybridized carbons (Fsp3) is 0.625. The molecule has 16 rings (SSSR count). The molecule has 12 heterocycles. The van der Waals surface area contributed by atoms with Gasteiger partial charge in [0.25, 0.3) is 0 Å². The first-order valence-electron chi connectivity index (χ1n) is 40.5. The van der Waals surface area contributed by atoms with E-state index in [0.717, 1.165) is 162 Å². The molecule has 612 valence electrons. The molecule has 4 saturated heterocycles. The van der Waals surface area contributed by atoms with Gasteiger partial charge in [0, 0.05) is 88.0 Å². The summed E-state index contributed by atoms with van der Waals surface area (Å²) in [5.74, 6) is 2.26. The second-order valence-electron chi connectivity index (χ2n) is 40.3. The molecule has 4 fully saturated rings. The minimum absolute atomic E-state index is 0.283. The van der Waals surface area contributed by atoms with Crippen LogP contribution in [0.1, 0.15) is 306 Å². The number of ether oxygens (including phenoxy) is 12. The van der Waals surface area contributed by atoms with Crippen molar-refractivity contribution in [1.82, 2.24) is 0 Å². The van der Waals surface area contributed by atoms with Gasteiger partial charge in [-0.1, -0.05) is 55.4 Å². The highest BCUT2D eigenvalue weighted by Crippen LogP contribution is 2.68. The van der Waals surface area contributed by atoms with Crippen molar-refractivity contribution in [1.29, 1.82) is 0 Å². The first-order valence-corrected chi connectivity index (χ1v) is 40.5. The average molecular weight is 1540 g/mol. The van der Waals surface area contributed by atoms with Crippen molar-refractivity contribution in [2.45, 2.75) is 384 Å². The second-order valence-corrected chi connectivity index (χ2v) is 40.3. The van der Waals surface area contributed by atoms with Crippen molar-refractivity contribution in [3.8, 4) is 23.0 Å². The molecule has 4 aromatic carbocycles. The van der Waals surface area contributed by atoms with Gasteiger partial charge in [-0.25, -0.2) is 0 Å². The summed E-state index contributed by atoms with van der Waals surface area (Å²) in [6, 6.07) is 0. The number of fused-ring (bicyclic) bond motifs is 9. The summed E-state index contributed by atoms with van der Waals surface area (Å²) in [6.45, 7) is 92.6. The van der Waals surface area contributed by atoms with Crippen molar-refractivity contribution >= 4 is 55.0 Å². The largest absolute Gasteiger partial charge is 0.461 e. The van der Waals surface area contributed by atoms with E-state index >= 15 is 0 Å². The van der Waals surface area contributed by atoms with Gasteiger partial charge in [0.2, 0.25) is 0 Å². The lowest BCUT2D eigenvalue weighted by molar-refractivity contribution is -0.382. The van der Waals surface area contributed by atoms with Crippen LogP contribution in [0.4, 0.5) is 0 Å². The molecule has 4 aromatic heterocycles. The van der Waals surface area contributed by atoms with E-state index in [1.54, 1.807) is 0 Å². The lowest BCUT2D eigenvalue weighted by Crippen LogP contribution is -2.63. The Morgan fingerprint density at radius 2 is 0.464 bits per heavy atom. The van der Waals surface area contributed by atoms with Crippen LogP contribution in [0.5, 0.6) is 23.0 Å². The molecule has 8 aliphatic rings. The normalized spacial score (nSPS) is 23.9. The zero-order valence-electron chi connectivity index (χ0n) is 76.5. The summed E-state index contributed by atoms with van der Waals surface area (Å²) in [5, 5.41) is 4.59. The van der Waals surface area contributed by atoms with Gasteiger partial charge in [-0.3, -0.25) is 0 Å². The number of rotatable bonds is 0. The van der Waals surface area contributed by atoms with Crippen LogP contribution in [0, 0.1) is 122 Å². The lowest BCUT2D eigenvalue weighted by atomic mass is 9.59. The molecule has 16 heteroatoms. The number of furan rings is 4. The molecule has 0 atom stereocenters. The molecule has 0 bridgehead atoms. The summed E-state index contributed by atoms with van der Waals surface area (Å²) >= 11 is 0. The van der Waals surface area contributed by atoms with Gasteiger partial charge in [0.05, 0.1) is 55.6 Å². The molecular formula is C96H132O16. The standard InChI is InChI=1S/2C25H36O4.2C23H30O4/c1-13-16(4)26-19-15(3)18-20(14(2)17(13)19)27-25(22(7,8)21(18,5)6)28-23(9,10)24(11,12)29-25;1-13-14(2)18-20(19-17(13)15(3)16(4)26-19)27-25(22(7,8)21(18,5)6)28-23(9,10)24(11,12)29-25;1-11-15(5)23(26-21(7,8)22(9,10)27-23)25-20-14(4)18-12(2)16(6)24-19(18)13(3)17(11)20;1-11-15(5)23(26-21(7,8)22(9,10)27-23)25-20-14(4)19-18(13(3)17(11)20)12(2)16(6)24-19/h2*1-12H3;2*1-10H3. The van der Waals surface area contributed by atoms with Crippen molar-refractivity contribution in [2.24, 2.45) is 10.8 Å². The SMILES string of the molecule is CC1=C(C)C2(Oc3c1c(C)c1c(C)c(C)oc1c3C)OC(C)(C)C(C)(C)O2.CC1=C(C)C2(Oc3c1c(C)c1oc(C)c(C)c1c3C)OC(C)(C)C(C)(C)O2.Cc1oc2c(C)c3c(c(C)c2c1C)OC1(OC(C)(C)C(C)(C)O1)C(C)(C)C3(C)C.Cc1oc2c3c(c(C)c(C)c2c1C)C(C)(C)C(C)(C)C1(O3)OC(C)(C)C(C)(C)O1. The molecule has 0 saturated carbocycles. The van der Waals surface area contributed by atoms with Crippen LogP contribution < -0.4 is 18.9 Å². The zero-order valence-corrected chi connectivity index (χ0v) is 76.5. The van der Waals surface area contributed by atoms with Crippen LogP contribution >= 0.6 is 0 Å². The smallest absolute Gasteiger partial charge is 0.353 e. The average Bonchev–Trinajstić information content (AvgIpc) is 1.43. The molecule has 4 spiro atoms. The van der Waals surface area contributed by atoms with Crippen LogP contribution in [0.3, 0.4) is 0 Å². The molecule has 8 aromatic rings. The monoisotopic (exact) mass is 1540 g/mol. The number of hydrogen-bond acceptors (Lipinski definition) is 16. The fourth-order valence-electron chi connectivity index (χ4n) is 18.5. The van der Waals surface area contributed by atoms with Crippen LogP contribution in [0.15, 0.2) is 28.8 Å². The third kappa shape index (κ3) is 10.8. The first-order chi connectivity index (χ1) is 50.7. The second kappa shape index (κ2) is 24.5. The minimum atomic E-state index is -1.21. The van der Waals surface area contributed by atoms with Gasteiger partial charge in [-0.05, 0) is 305 Å². The van der Waals surface area contributed by atoms with Gasteiger partial charge in [-0.2, -0.15) is 0 Å². The Bertz CT molecular complexity index is 5350. The minimum Gasteiger partial charge on any atom is -0.461 e. The molecule has 0 amide bonds. The highest BCUT2D eigenvalue weighted by Gasteiger charge is 2.74. The summed E-state index contributed by atoms with van der Waals surface area (Å²) in [4.78, 5) is 0. The molecule has 0 radical (unpaired) electrons. The maximum Gasteiger partial charge on any atom is 0.353 e. The van der Waals surface area contributed by atoms with Crippen molar-refractivity contribution in [2.75, 3.05) is 0 Å². The highest BCUT2D eigenvalue weighted by atomic mass is 16.9. The summed E-state index contributed by atoms with van der Waals surface area (Å²) in [7, 11) is 0. The molecular weight excluding hydrogens is 1410 g/mol. The number of aryl methyl sites for hydroxylation is 15. The molecule has 0 unspecified atom stereocenters. The summed E-state index contributed by atoms with van der Waals surface area (Å²) in [5.41, 5.74) is 20.7. The first kappa shape index (κ1) is 83.3. The number of hydrogen-bond donors (Lipinski definition) is 0. The van der Waals surface area contributed by atoms with E-state index in [4.69, 9.17) is 74.5 Å². The van der Waals surface area contributed by atoms with E-state index in [1.165, 1.54) is 38.8 Å². The Hall–Kier alpha value is -6.60. The van der Waals surface area contributed by atoms with Crippen molar-refractivity contribution in [3.63, 3.8) is 0 Å². The fourth-order valence-corrected chi connectivity index (χ4v) is 18.5. The van der Waals surface area contributed by atoms with Crippen LogP contribution in [-0.4, -0.2) is 68.7 Å². The Morgan fingerprint density at radius 1 is 0.205 bits per heavy atom. The topological polar surface area (TPSA) is 163 Å². The highest BCUT2D eigenvalue weighted by molar-refractivity contribution is 5.98.